The highest BCUT2D eigenvalue weighted by Gasteiger charge is 2.40. The van der Waals surface area contributed by atoms with Crippen molar-refractivity contribution in [3.8, 4) is 22.6 Å². The van der Waals surface area contributed by atoms with Crippen LogP contribution < -0.4 is 4.74 Å². The quantitative estimate of drug-likeness (QED) is 0.643. The first kappa shape index (κ1) is 19.8. The minimum atomic E-state index is -0.483. The number of nitrogens with zero attached hydrogens (tertiary/aromatic N) is 2. The number of phenols is 1. The number of aromatic hydroxyl groups is 1. The number of benzene rings is 2. The number of piperazine rings is 1. The smallest absolute Gasteiger partial charge is 0.246 e. The molecule has 2 heterocycles. The number of fused-ring (bicyclic) bond motifs is 5. The standard InChI is InChI=1S/C24H23FN2O4/c1-3-14-20-19-15(6-5-7-17(19)25)22(29)21(20)23(30)16-11-26-8-9-27(18(28)4-2)10-13(26)12-31-24(14)16/h4-7,13,30H,2-3,8-12H2,1H3/t13-/m1/s1. The van der Waals surface area contributed by atoms with Gasteiger partial charge < -0.3 is 14.7 Å². The summed E-state index contributed by atoms with van der Waals surface area (Å²) in [7, 11) is 0. The zero-order valence-corrected chi connectivity index (χ0v) is 17.3. The van der Waals surface area contributed by atoms with Crippen molar-refractivity contribution in [3.05, 3.63) is 58.9 Å². The molecule has 7 heteroatoms. The Morgan fingerprint density at radius 2 is 2.13 bits per heavy atom. The molecule has 0 unspecified atom stereocenters. The summed E-state index contributed by atoms with van der Waals surface area (Å²) in [5.74, 6) is -0.563. The first-order chi connectivity index (χ1) is 15.0. The molecule has 0 radical (unpaired) electrons. The molecular formula is C24H23FN2O4. The van der Waals surface area contributed by atoms with Crippen LogP contribution in [0, 0.1) is 5.82 Å². The van der Waals surface area contributed by atoms with E-state index in [1.165, 1.54) is 18.2 Å². The summed E-state index contributed by atoms with van der Waals surface area (Å²) in [6, 6.07) is 4.38. The molecule has 6 nitrogen and oxygen atoms in total. The molecule has 31 heavy (non-hydrogen) atoms. The Hall–Kier alpha value is -3.19. The van der Waals surface area contributed by atoms with Crippen molar-refractivity contribution in [1.29, 1.82) is 0 Å². The summed E-state index contributed by atoms with van der Waals surface area (Å²) >= 11 is 0. The Morgan fingerprint density at radius 3 is 2.87 bits per heavy atom. The van der Waals surface area contributed by atoms with Crippen molar-refractivity contribution in [3.63, 3.8) is 0 Å². The van der Waals surface area contributed by atoms with Crippen LogP contribution in [0.3, 0.4) is 0 Å². The average molecular weight is 422 g/mol. The van der Waals surface area contributed by atoms with Crippen molar-refractivity contribution in [2.75, 3.05) is 26.2 Å². The minimum Gasteiger partial charge on any atom is -0.507 e. The van der Waals surface area contributed by atoms with Crippen LogP contribution in [0.5, 0.6) is 11.5 Å². The van der Waals surface area contributed by atoms with E-state index in [0.29, 0.717) is 56.1 Å². The van der Waals surface area contributed by atoms with Gasteiger partial charge in [-0.25, -0.2) is 4.39 Å². The van der Waals surface area contributed by atoms with Gasteiger partial charge in [0, 0.05) is 48.4 Å². The average Bonchev–Trinajstić information content (AvgIpc) is 2.95. The molecule has 1 aliphatic carbocycles. The molecule has 1 amide bonds. The SMILES string of the molecule is C=CC(=O)N1CCN2Cc3c(O)c4c(c(CC)c3OC[C@H]2C1)-c1c(F)cccc1C4=O. The fraction of sp³-hybridized carbons (Fsp3) is 0.333. The predicted octanol–water partition coefficient (Wildman–Crippen LogP) is 2.90. The molecule has 2 aromatic rings. The predicted molar refractivity (Wildman–Crippen MR) is 113 cm³/mol. The molecule has 1 atom stereocenters. The van der Waals surface area contributed by atoms with Crippen molar-refractivity contribution in [2.45, 2.75) is 25.9 Å². The van der Waals surface area contributed by atoms with Gasteiger partial charge in [-0.15, -0.1) is 0 Å². The molecule has 1 saturated heterocycles. The largest absolute Gasteiger partial charge is 0.507 e. The normalized spacial score (nSPS) is 19.6. The Balaban J connectivity index is 1.63. The lowest BCUT2D eigenvalue weighted by atomic mass is 9.92. The number of amides is 1. The van der Waals surface area contributed by atoms with Gasteiger partial charge in [-0.1, -0.05) is 25.6 Å². The molecule has 0 bridgehead atoms. The van der Waals surface area contributed by atoms with E-state index in [0.717, 1.165) is 5.56 Å². The molecule has 5 rings (SSSR count). The van der Waals surface area contributed by atoms with E-state index >= 15 is 0 Å². The lowest BCUT2D eigenvalue weighted by molar-refractivity contribution is -0.129. The van der Waals surface area contributed by atoms with Gasteiger partial charge in [-0.05, 0) is 18.6 Å². The van der Waals surface area contributed by atoms with Gasteiger partial charge in [0.15, 0.2) is 5.78 Å². The summed E-state index contributed by atoms with van der Waals surface area (Å²) in [6.07, 6.45) is 1.84. The number of halogens is 1. The number of hydrogen-bond donors (Lipinski definition) is 1. The third kappa shape index (κ3) is 2.80. The van der Waals surface area contributed by atoms with Crippen LogP contribution in [-0.2, 0) is 17.8 Å². The number of carbonyl (C=O) groups excluding carboxylic acids is 2. The number of ether oxygens (including phenoxy) is 1. The Morgan fingerprint density at radius 1 is 1.32 bits per heavy atom. The van der Waals surface area contributed by atoms with Crippen LogP contribution in [0.4, 0.5) is 4.39 Å². The molecule has 1 fully saturated rings. The second kappa shape index (κ2) is 7.20. The summed E-state index contributed by atoms with van der Waals surface area (Å²) in [6.45, 7) is 7.89. The van der Waals surface area contributed by atoms with E-state index in [1.807, 2.05) is 6.92 Å². The topological polar surface area (TPSA) is 70.1 Å². The maximum atomic E-state index is 14.8. The van der Waals surface area contributed by atoms with Crippen LogP contribution in [-0.4, -0.2) is 58.9 Å². The van der Waals surface area contributed by atoms with Gasteiger partial charge in [-0.3, -0.25) is 14.5 Å². The van der Waals surface area contributed by atoms with Crippen LogP contribution in [0.1, 0.15) is 34.0 Å². The van der Waals surface area contributed by atoms with Gasteiger partial charge >= 0.3 is 0 Å². The molecule has 0 spiro atoms. The van der Waals surface area contributed by atoms with Crippen LogP contribution in [0.25, 0.3) is 11.1 Å². The van der Waals surface area contributed by atoms with Crippen LogP contribution in [0.15, 0.2) is 30.9 Å². The molecule has 1 N–H and O–H groups in total. The molecule has 2 aliphatic heterocycles. The molecule has 0 aromatic heterocycles. The van der Waals surface area contributed by atoms with Crippen LogP contribution in [0.2, 0.25) is 0 Å². The van der Waals surface area contributed by atoms with E-state index in [-0.39, 0.29) is 40.2 Å². The van der Waals surface area contributed by atoms with Gasteiger partial charge in [0.1, 0.15) is 23.9 Å². The van der Waals surface area contributed by atoms with Crippen molar-refractivity contribution in [2.24, 2.45) is 0 Å². The van der Waals surface area contributed by atoms with E-state index in [9.17, 15) is 19.1 Å². The molecule has 2 aromatic carbocycles. The highest BCUT2D eigenvalue weighted by Crippen LogP contribution is 2.51. The van der Waals surface area contributed by atoms with Gasteiger partial charge in [0.25, 0.3) is 0 Å². The molecule has 160 valence electrons. The van der Waals surface area contributed by atoms with Crippen molar-refractivity contribution in [1.82, 2.24) is 9.80 Å². The van der Waals surface area contributed by atoms with Gasteiger partial charge in [-0.2, -0.15) is 0 Å². The lowest BCUT2D eigenvalue weighted by Gasteiger charge is -2.39. The number of phenolic OH excluding ortho intramolecular Hbond substituents is 1. The third-order valence-corrected chi connectivity index (χ3v) is 6.58. The number of ketones is 1. The van der Waals surface area contributed by atoms with E-state index in [1.54, 1.807) is 11.0 Å². The van der Waals surface area contributed by atoms with Crippen molar-refractivity contribution >= 4 is 11.7 Å². The zero-order chi connectivity index (χ0) is 21.9. The van der Waals surface area contributed by atoms with Gasteiger partial charge in [0.05, 0.1) is 17.2 Å². The molecule has 3 aliphatic rings. The number of hydrogen-bond acceptors (Lipinski definition) is 5. The number of rotatable bonds is 2. The van der Waals surface area contributed by atoms with Crippen LogP contribution >= 0.6 is 0 Å². The first-order valence-corrected chi connectivity index (χ1v) is 10.5. The zero-order valence-electron chi connectivity index (χ0n) is 17.3. The lowest BCUT2D eigenvalue weighted by Crippen LogP contribution is -2.55. The van der Waals surface area contributed by atoms with Crippen molar-refractivity contribution < 1.29 is 23.8 Å². The van der Waals surface area contributed by atoms with E-state index in [4.69, 9.17) is 4.74 Å². The van der Waals surface area contributed by atoms with E-state index in [2.05, 4.69) is 11.5 Å². The fourth-order valence-corrected chi connectivity index (χ4v) is 5.05. The number of carbonyl (C=O) groups is 2. The first-order valence-electron chi connectivity index (χ1n) is 10.5. The maximum Gasteiger partial charge on any atom is 0.246 e. The Labute approximate surface area is 179 Å². The fourth-order valence-electron chi connectivity index (χ4n) is 5.05. The summed E-state index contributed by atoms with van der Waals surface area (Å²) in [4.78, 5) is 29.1. The molecule has 0 saturated carbocycles. The van der Waals surface area contributed by atoms with Gasteiger partial charge in [0.2, 0.25) is 5.91 Å². The highest BCUT2D eigenvalue weighted by molar-refractivity contribution is 6.24. The minimum absolute atomic E-state index is 0.0521. The van der Waals surface area contributed by atoms with E-state index < -0.39 is 5.82 Å². The summed E-state index contributed by atoms with van der Waals surface area (Å²) in [5, 5.41) is 11.2. The Bertz CT molecular complexity index is 1140. The monoisotopic (exact) mass is 422 g/mol. The summed E-state index contributed by atoms with van der Waals surface area (Å²) < 4.78 is 21.0. The second-order valence-electron chi connectivity index (χ2n) is 8.15. The second-order valence-corrected chi connectivity index (χ2v) is 8.15. The molecular weight excluding hydrogens is 399 g/mol. The summed E-state index contributed by atoms with van der Waals surface area (Å²) in [5.41, 5.74) is 2.42. The highest BCUT2D eigenvalue weighted by atomic mass is 19.1. The Kier molecular flexibility index (Phi) is 4.59. The maximum absolute atomic E-state index is 14.8. The third-order valence-electron chi connectivity index (χ3n) is 6.58.